The van der Waals surface area contributed by atoms with Crippen molar-refractivity contribution in [2.75, 3.05) is 11.4 Å². The van der Waals surface area contributed by atoms with E-state index >= 15 is 0 Å². The lowest BCUT2D eigenvalue weighted by Gasteiger charge is -2.28. The van der Waals surface area contributed by atoms with E-state index in [4.69, 9.17) is 4.98 Å². The Morgan fingerprint density at radius 1 is 1.00 bits per heavy atom. The normalized spacial score (nSPS) is 13.8. The number of fused-ring (bicyclic) bond motifs is 2. The van der Waals surface area contributed by atoms with Crippen LogP contribution in [0.1, 0.15) is 32.6 Å². The summed E-state index contributed by atoms with van der Waals surface area (Å²) in [4.78, 5) is 24.5. The Hall–Kier alpha value is -3.92. The first-order valence-corrected chi connectivity index (χ1v) is 14.9. The Kier molecular flexibility index (Phi) is 6.72. The highest BCUT2D eigenvalue weighted by atomic mass is 32.2. The molecule has 7 nitrogen and oxygen atoms in total. The Labute approximate surface area is 231 Å². The molecule has 2 aromatic heterocycles. The summed E-state index contributed by atoms with van der Waals surface area (Å²) >= 11 is 1.45. The second-order valence-corrected chi connectivity index (χ2v) is 12.5. The third-order valence-corrected chi connectivity index (χ3v) is 9.81. The van der Waals surface area contributed by atoms with Gasteiger partial charge < -0.3 is 0 Å². The first kappa shape index (κ1) is 25.4. The van der Waals surface area contributed by atoms with Crippen molar-refractivity contribution in [3.05, 3.63) is 119 Å². The lowest BCUT2D eigenvalue weighted by atomic mass is 10.0. The van der Waals surface area contributed by atoms with E-state index in [1.54, 1.807) is 29.4 Å². The van der Waals surface area contributed by atoms with Crippen molar-refractivity contribution in [3.8, 4) is 0 Å². The smallest absolute Gasteiger partial charge is 0.260 e. The average Bonchev–Trinajstić information content (AvgIpc) is 3.39. The molecule has 0 radical (unpaired) electrons. The van der Waals surface area contributed by atoms with Crippen molar-refractivity contribution in [1.82, 2.24) is 14.3 Å². The molecule has 9 heteroatoms. The number of anilines is 1. The summed E-state index contributed by atoms with van der Waals surface area (Å²) in [6, 6.07) is 23.9. The molecule has 1 aliphatic heterocycles. The summed E-state index contributed by atoms with van der Waals surface area (Å²) in [7, 11) is -3.70. The minimum absolute atomic E-state index is 0.174. The quantitative estimate of drug-likeness (QED) is 0.273. The highest BCUT2D eigenvalue weighted by Gasteiger charge is 2.29. The van der Waals surface area contributed by atoms with E-state index in [0.29, 0.717) is 36.8 Å². The number of aromatic nitrogens is 2. The average molecular weight is 555 g/mol. The summed E-state index contributed by atoms with van der Waals surface area (Å²) in [6.07, 6.45) is 4.09. The highest BCUT2D eigenvalue weighted by molar-refractivity contribution is 7.89. The maximum absolute atomic E-state index is 13.8. The van der Waals surface area contributed by atoms with Crippen LogP contribution in [0.15, 0.2) is 96.2 Å². The molecule has 0 unspecified atom stereocenters. The van der Waals surface area contributed by atoms with Gasteiger partial charge in [-0.1, -0.05) is 47.7 Å². The number of benzene rings is 3. The molecule has 0 N–H and O–H groups in total. The molecule has 0 atom stereocenters. The second kappa shape index (κ2) is 10.3. The third kappa shape index (κ3) is 5.08. The molecule has 1 aliphatic rings. The van der Waals surface area contributed by atoms with Crippen LogP contribution in [0, 0.1) is 6.92 Å². The van der Waals surface area contributed by atoms with Crippen LogP contribution < -0.4 is 4.90 Å². The summed E-state index contributed by atoms with van der Waals surface area (Å²) in [5.74, 6) is -0.259. The molecule has 39 heavy (non-hydrogen) atoms. The van der Waals surface area contributed by atoms with Gasteiger partial charge in [0.05, 0.1) is 21.7 Å². The third-order valence-electron chi connectivity index (χ3n) is 6.91. The van der Waals surface area contributed by atoms with Crippen LogP contribution >= 0.6 is 11.3 Å². The first-order chi connectivity index (χ1) is 18.9. The number of carbonyl (C=O) groups excluding carboxylic acids is 1. The van der Waals surface area contributed by atoms with E-state index in [2.05, 4.69) is 11.1 Å². The van der Waals surface area contributed by atoms with Crippen molar-refractivity contribution < 1.29 is 13.2 Å². The molecule has 0 saturated carbocycles. The number of hydrogen-bond donors (Lipinski definition) is 0. The van der Waals surface area contributed by atoms with Gasteiger partial charge in [0.1, 0.15) is 0 Å². The number of amides is 1. The van der Waals surface area contributed by atoms with Gasteiger partial charge in [-0.15, -0.1) is 0 Å². The fourth-order valence-electron chi connectivity index (χ4n) is 4.79. The zero-order chi connectivity index (χ0) is 27.0. The molecule has 5 aromatic rings. The number of carbonyl (C=O) groups is 1. The molecular formula is C30H26N4O3S2. The molecule has 0 aliphatic carbocycles. The number of hydrogen-bond acceptors (Lipinski definition) is 6. The summed E-state index contributed by atoms with van der Waals surface area (Å²) in [5, 5.41) is 0.577. The number of sulfonamides is 1. The van der Waals surface area contributed by atoms with Crippen LogP contribution in [-0.4, -0.2) is 35.1 Å². The van der Waals surface area contributed by atoms with E-state index < -0.39 is 10.0 Å². The fourth-order valence-corrected chi connectivity index (χ4v) is 7.27. The predicted octanol–water partition coefficient (Wildman–Crippen LogP) is 5.59. The van der Waals surface area contributed by atoms with Crippen LogP contribution in [0.5, 0.6) is 0 Å². The van der Waals surface area contributed by atoms with Crippen molar-refractivity contribution in [3.63, 3.8) is 0 Å². The Morgan fingerprint density at radius 3 is 2.56 bits per heavy atom. The first-order valence-electron chi connectivity index (χ1n) is 12.6. The summed E-state index contributed by atoms with van der Waals surface area (Å²) in [6.45, 7) is 3.08. The second-order valence-electron chi connectivity index (χ2n) is 9.60. The van der Waals surface area contributed by atoms with Crippen LogP contribution in [0.2, 0.25) is 0 Å². The molecule has 196 valence electrons. The molecular weight excluding hydrogens is 528 g/mol. The van der Waals surface area contributed by atoms with Crippen LogP contribution in [0.4, 0.5) is 5.13 Å². The summed E-state index contributed by atoms with van der Waals surface area (Å²) < 4.78 is 29.3. The van der Waals surface area contributed by atoms with Crippen molar-refractivity contribution in [2.24, 2.45) is 0 Å². The minimum atomic E-state index is -3.70. The number of pyridine rings is 1. The van der Waals surface area contributed by atoms with Gasteiger partial charge in [0.25, 0.3) is 5.91 Å². The number of aryl methyl sites for hydroxylation is 1. The Morgan fingerprint density at radius 2 is 1.79 bits per heavy atom. The lowest BCUT2D eigenvalue weighted by molar-refractivity contribution is 0.0985. The zero-order valence-electron chi connectivity index (χ0n) is 21.3. The largest absolute Gasteiger partial charge is 0.279 e. The fraction of sp³-hybridized carbons (Fsp3) is 0.167. The number of thiazole rings is 1. The predicted molar refractivity (Wildman–Crippen MR) is 153 cm³/mol. The van der Waals surface area contributed by atoms with E-state index in [0.717, 1.165) is 26.9 Å². The van der Waals surface area contributed by atoms with Crippen LogP contribution in [0.25, 0.3) is 10.2 Å². The van der Waals surface area contributed by atoms with Crippen LogP contribution in [0.3, 0.4) is 0 Å². The molecule has 0 spiro atoms. The van der Waals surface area contributed by atoms with Gasteiger partial charge in [-0.3, -0.25) is 14.7 Å². The van der Waals surface area contributed by atoms with Crippen molar-refractivity contribution in [2.45, 2.75) is 31.3 Å². The maximum Gasteiger partial charge on any atom is 0.260 e. The lowest BCUT2D eigenvalue weighted by Crippen LogP contribution is -2.36. The van der Waals surface area contributed by atoms with E-state index in [-0.39, 0.29) is 10.8 Å². The zero-order valence-corrected chi connectivity index (χ0v) is 23.0. The van der Waals surface area contributed by atoms with Gasteiger partial charge in [-0.05, 0) is 78.1 Å². The molecule has 0 saturated heterocycles. The molecule has 0 fully saturated rings. The van der Waals surface area contributed by atoms with Crippen molar-refractivity contribution >= 4 is 42.6 Å². The van der Waals surface area contributed by atoms with Crippen LogP contribution in [-0.2, 0) is 29.5 Å². The monoisotopic (exact) mass is 554 g/mol. The van der Waals surface area contributed by atoms with E-state index in [1.807, 2.05) is 55.5 Å². The van der Waals surface area contributed by atoms with E-state index in [9.17, 15) is 13.2 Å². The number of rotatable bonds is 6. The SMILES string of the molecule is Cc1ccc2nc(N(Cc3cccnc3)C(=O)c3ccc(S(=O)(=O)N4CCc5ccccc5C4)cc3)sc2c1. The molecule has 3 aromatic carbocycles. The molecule has 3 heterocycles. The Balaban J connectivity index is 1.29. The number of nitrogens with zero attached hydrogens (tertiary/aromatic N) is 4. The topological polar surface area (TPSA) is 83.5 Å². The highest BCUT2D eigenvalue weighted by Crippen LogP contribution is 2.32. The minimum Gasteiger partial charge on any atom is -0.279 e. The van der Waals surface area contributed by atoms with Gasteiger partial charge in [-0.25, -0.2) is 13.4 Å². The molecule has 0 bridgehead atoms. The van der Waals surface area contributed by atoms with Gasteiger partial charge in [0, 0.05) is 31.0 Å². The summed E-state index contributed by atoms with van der Waals surface area (Å²) in [5.41, 5.74) is 5.41. The van der Waals surface area contributed by atoms with Gasteiger partial charge >= 0.3 is 0 Å². The van der Waals surface area contributed by atoms with E-state index in [1.165, 1.54) is 33.3 Å². The maximum atomic E-state index is 13.8. The Bertz CT molecular complexity index is 1770. The van der Waals surface area contributed by atoms with Gasteiger partial charge in [0.15, 0.2) is 5.13 Å². The standard InChI is InChI=1S/C30H26N4O3S2/c1-21-8-13-27-28(17-21)38-30(32-27)34(19-22-5-4-15-31-18-22)29(35)24-9-11-26(12-10-24)39(36,37)33-16-14-23-6-2-3-7-25(23)20-33/h2-13,15,17-18H,14,16,19-20H2,1H3. The van der Waals surface area contributed by atoms with Gasteiger partial charge in [0.2, 0.25) is 10.0 Å². The van der Waals surface area contributed by atoms with Crippen molar-refractivity contribution in [1.29, 1.82) is 0 Å². The molecule has 6 rings (SSSR count). The van der Waals surface area contributed by atoms with Gasteiger partial charge in [-0.2, -0.15) is 4.31 Å². The molecule has 1 amide bonds.